The van der Waals surface area contributed by atoms with Gasteiger partial charge in [0.15, 0.2) is 0 Å². The van der Waals surface area contributed by atoms with Gasteiger partial charge in [-0.2, -0.15) is 4.98 Å². The largest absolute Gasteiger partial charge is 0.382 e. The number of nitrogens with zero attached hydrogens (tertiary/aromatic N) is 2. The summed E-state index contributed by atoms with van der Waals surface area (Å²) >= 11 is 4.84. The van der Waals surface area contributed by atoms with Crippen molar-refractivity contribution in [3.05, 3.63) is 9.85 Å². The molecular formula is C6H5BrN4S. The zero-order chi connectivity index (χ0) is 8.72. The average molecular weight is 245 g/mol. The minimum atomic E-state index is 0.208. The second-order valence-corrected chi connectivity index (χ2v) is 3.96. The third-order valence-corrected chi connectivity index (χ3v) is 3.31. The van der Waals surface area contributed by atoms with Crippen LogP contribution in [-0.2, 0) is 0 Å². The predicted octanol–water partition coefficient (Wildman–Crippen LogP) is 1.62. The fourth-order valence-electron chi connectivity index (χ4n) is 0.930. The summed E-state index contributed by atoms with van der Waals surface area (Å²) in [6.07, 6.45) is 0. The number of nitrogen functional groups attached to an aromatic ring is 2. The van der Waals surface area contributed by atoms with Gasteiger partial charge in [0.1, 0.15) is 11.3 Å². The van der Waals surface area contributed by atoms with Gasteiger partial charge in [0.25, 0.3) is 0 Å². The van der Waals surface area contributed by atoms with Crippen LogP contribution in [0, 0.1) is 0 Å². The smallest absolute Gasteiger partial charge is 0.222 e. The van der Waals surface area contributed by atoms with Crippen molar-refractivity contribution < 1.29 is 0 Å². The third-order valence-electron chi connectivity index (χ3n) is 1.42. The summed E-state index contributed by atoms with van der Waals surface area (Å²) in [7, 11) is 0. The molecule has 0 aliphatic heterocycles. The molecule has 2 aromatic heterocycles. The lowest BCUT2D eigenvalue weighted by Gasteiger charge is -1.96. The van der Waals surface area contributed by atoms with E-state index in [2.05, 4.69) is 25.9 Å². The Balaban J connectivity index is 2.92. The minimum absolute atomic E-state index is 0.208. The van der Waals surface area contributed by atoms with Crippen LogP contribution in [0.1, 0.15) is 0 Å². The Bertz CT molecular complexity index is 438. The Kier molecular flexibility index (Phi) is 1.66. The molecule has 12 heavy (non-hydrogen) atoms. The van der Waals surface area contributed by atoms with Crippen LogP contribution in [0.5, 0.6) is 0 Å². The van der Waals surface area contributed by atoms with Crippen molar-refractivity contribution in [1.82, 2.24) is 9.97 Å². The number of anilines is 2. The van der Waals surface area contributed by atoms with E-state index in [0.29, 0.717) is 5.82 Å². The Morgan fingerprint density at radius 2 is 2.08 bits per heavy atom. The molecule has 0 atom stereocenters. The van der Waals surface area contributed by atoms with E-state index in [4.69, 9.17) is 11.5 Å². The second kappa shape index (κ2) is 2.56. The number of fused-ring (bicyclic) bond motifs is 1. The third kappa shape index (κ3) is 1.03. The highest BCUT2D eigenvalue weighted by molar-refractivity contribution is 9.10. The van der Waals surface area contributed by atoms with Gasteiger partial charge in [-0.25, -0.2) is 4.98 Å². The van der Waals surface area contributed by atoms with Gasteiger partial charge in [0.2, 0.25) is 5.95 Å². The van der Waals surface area contributed by atoms with Crippen LogP contribution >= 0.6 is 27.3 Å². The molecule has 0 spiro atoms. The Morgan fingerprint density at radius 3 is 2.83 bits per heavy atom. The minimum Gasteiger partial charge on any atom is -0.382 e. The van der Waals surface area contributed by atoms with Crippen LogP contribution in [0.15, 0.2) is 9.85 Å². The van der Waals surface area contributed by atoms with Crippen molar-refractivity contribution in [1.29, 1.82) is 0 Å². The first-order valence-corrected chi connectivity index (χ1v) is 4.81. The van der Waals surface area contributed by atoms with Crippen molar-refractivity contribution in [2.75, 3.05) is 11.5 Å². The van der Waals surface area contributed by atoms with Gasteiger partial charge in [0.05, 0.1) is 9.17 Å². The van der Waals surface area contributed by atoms with Crippen molar-refractivity contribution in [3.8, 4) is 0 Å². The van der Waals surface area contributed by atoms with Gasteiger partial charge in [-0.05, 0) is 15.9 Å². The van der Waals surface area contributed by atoms with Crippen LogP contribution in [0.4, 0.5) is 11.8 Å². The molecule has 2 rings (SSSR count). The first kappa shape index (κ1) is 7.75. The van der Waals surface area contributed by atoms with Gasteiger partial charge in [-0.3, -0.25) is 0 Å². The van der Waals surface area contributed by atoms with E-state index in [1.165, 1.54) is 11.3 Å². The highest BCUT2D eigenvalue weighted by Crippen LogP contribution is 2.31. The molecule has 0 saturated carbocycles. The molecular weight excluding hydrogens is 240 g/mol. The van der Waals surface area contributed by atoms with E-state index in [1.807, 2.05) is 5.38 Å². The molecule has 6 heteroatoms. The first-order chi connectivity index (χ1) is 5.68. The molecule has 0 amide bonds. The topological polar surface area (TPSA) is 77.8 Å². The number of hydrogen-bond donors (Lipinski definition) is 2. The van der Waals surface area contributed by atoms with Crippen LogP contribution in [0.2, 0.25) is 0 Å². The number of rotatable bonds is 0. The lowest BCUT2D eigenvalue weighted by atomic mass is 10.4. The first-order valence-electron chi connectivity index (χ1n) is 3.14. The van der Waals surface area contributed by atoms with Crippen molar-refractivity contribution in [2.24, 2.45) is 0 Å². The lowest BCUT2D eigenvalue weighted by molar-refractivity contribution is 1.25. The van der Waals surface area contributed by atoms with Gasteiger partial charge >= 0.3 is 0 Å². The normalized spacial score (nSPS) is 10.8. The molecule has 0 bridgehead atoms. The number of halogens is 1. The number of thiophene rings is 1. The Labute approximate surface area is 80.7 Å². The zero-order valence-electron chi connectivity index (χ0n) is 5.91. The number of hydrogen-bond acceptors (Lipinski definition) is 5. The molecule has 0 unspecified atom stereocenters. The zero-order valence-corrected chi connectivity index (χ0v) is 8.32. The Morgan fingerprint density at radius 1 is 1.33 bits per heavy atom. The van der Waals surface area contributed by atoms with Crippen LogP contribution in [0.3, 0.4) is 0 Å². The molecule has 0 fully saturated rings. The average Bonchev–Trinajstić information content (AvgIpc) is 2.33. The quantitative estimate of drug-likeness (QED) is 0.739. The molecule has 62 valence electrons. The molecule has 0 aliphatic carbocycles. The summed E-state index contributed by atoms with van der Waals surface area (Å²) in [5, 5.41) is 1.91. The SMILES string of the molecule is Nc1nc(N)c2scc(Br)c2n1. The van der Waals surface area contributed by atoms with Crippen LogP contribution in [0.25, 0.3) is 10.2 Å². The monoisotopic (exact) mass is 244 g/mol. The number of aromatic nitrogens is 2. The highest BCUT2D eigenvalue weighted by atomic mass is 79.9. The molecule has 0 aliphatic rings. The van der Waals surface area contributed by atoms with Crippen LogP contribution < -0.4 is 11.5 Å². The summed E-state index contributed by atoms with van der Waals surface area (Å²) in [5.74, 6) is 0.646. The molecule has 4 N–H and O–H groups in total. The van der Waals surface area contributed by atoms with E-state index in [-0.39, 0.29) is 5.95 Å². The summed E-state index contributed by atoms with van der Waals surface area (Å²) in [6.45, 7) is 0. The maximum Gasteiger partial charge on any atom is 0.222 e. The van der Waals surface area contributed by atoms with Gasteiger partial charge in [0, 0.05) is 5.38 Å². The summed E-state index contributed by atoms with van der Waals surface area (Å²) < 4.78 is 1.78. The maximum absolute atomic E-state index is 5.63. The van der Waals surface area contributed by atoms with E-state index in [0.717, 1.165) is 14.7 Å². The van der Waals surface area contributed by atoms with Crippen molar-refractivity contribution in [2.45, 2.75) is 0 Å². The van der Waals surface area contributed by atoms with Crippen molar-refractivity contribution in [3.63, 3.8) is 0 Å². The summed E-state index contributed by atoms with van der Waals surface area (Å²) in [4.78, 5) is 7.90. The molecule has 0 saturated heterocycles. The molecule has 2 heterocycles. The number of nitrogens with two attached hydrogens (primary N) is 2. The van der Waals surface area contributed by atoms with Gasteiger partial charge < -0.3 is 11.5 Å². The molecule has 0 aromatic carbocycles. The van der Waals surface area contributed by atoms with E-state index in [9.17, 15) is 0 Å². The molecule has 0 radical (unpaired) electrons. The van der Waals surface area contributed by atoms with Crippen LogP contribution in [-0.4, -0.2) is 9.97 Å². The fourth-order valence-corrected chi connectivity index (χ4v) is 2.40. The molecule has 2 aromatic rings. The van der Waals surface area contributed by atoms with E-state index < -0.39 is 0 Å². The standard InChI is InChI=1S/C6H5BrN4S/c7-2-1-12-4-3(2)10-6(9)11-5(4)8/h1H,(H4,8,9,10,11). The van der Waals surface area contributed by atoms with Gasteiger partial charge in [-0.1, -0.05) is 0 Å². The maximum atomic E-state index is 5.63. The Hall–Kier alpha value is -0.880. The summed E-state index contributed by atoms with van der Waals surface area (Å²) in [5.41, 5.74) is 11.8. The van der Waals surface area contributed by atoms with E-state index in [1.54, 1.807) is 0 Å². The predicted molar refractivity (Wildman–Crippen MR) is 53.9 cm³/mol. The highest BCUT2D eigenvalue weighted by Gasteiger charge is 2.07. The second-order valence-electron chi connectivity index (χ2n) is 2.23. The molecule has 4 nitrogen and oxygen atoms in total. The van der Waals surface area contributed by atoms with Crippen molar-refractivity contribution >= 4 is 49.2 Å². The summed E-state index contributed by atoms with van der Waals surface area (Å²) in [6, 6.07) is 0. The van der Waals surface area contributed by atoms with Gasteiger partial charge in [-0.15, -0.1) is 11.3 Å². The lowest BCUT2D eigenvalue weighted by Crippen LogP contribution is -1.98. The van der Waals surface area contributed by atoms with E-state index >= 15 is 0 Å². The fraction of sp³-hybridized carbons (Fsp3) is 0.